The highest BCUT2D eigenvalue weighted by Gasteiger charge is 2.30. The van der Waals surface area contributed by atoms with Crippen LogP contribution in [0, 0.1) is 13.8 Å². The van der Waals surface area contributed by atoms with Crippen molar-refractivity contribution in [3.05, 3.63) is 65.0 Å². The third-order valence-corrected chi connectivity index (χ3v) is 5.76. The van der Waals surface area contributed by atoms with Crippen LogP contribution in [-0.2, 0) is 9.53 Å². The summed E-state index contributed by atoms with van der Waals surface area (Å²) in [5.41, 5.74) is 6.40. The Labute approximate surface area is 179 Å². The maximum atomic E-state index is 12.6. The number of aliphatic hydroxyl groups is 1. The summed E-state index contributed by atoms with van der Waals surface area (Å²) in [6.07, 6.45) is 0. The molecule has 1 aromatic heterocycles. The van der Waals surface area contributed by atoms with Gasteiger partial charge >= 0.3 is 0 Å². The number of aryl methyl sites for hydroxylation is 2. The number of hydrogen-bond donors (Lipinski definition) is 2. The minimum absolute atomic E-state index is 0.174. The maximum absolute atomic E-state index is 12.6. The van der Waals surface area contributed by atoms with Gasteiger partial charge in [0.25, 0.3) is 5.91 Å². The lowest BCUT2D eigenvalue weighted by molar-refractivity contribution is -0.110. The second-order valence-electron chi connectivity index (χ2n) is 7.87. The van der Waals surface area contributed by atoms with Crippen molar-refractivity contribution >= 4 is 28.6 Å². The lowest BCUT2D eigenvalue weighted by Crippen LogP contribution is -2.36. The molecule has 0 aliphatic carbocycles. The molecule has 2 aliphatic heterocycles. The molecular formula is C24H23N3O4. The van der Waals surface area contributed by atoms with Gasteiger partial charge in [0.05, 0.1) is 24.5 Å². The lowest BCUT2D eigenvalue weighted by atomic mass is 9.94. The Morgan fingerprint density at radius 1 is 1.06 bits per heavy atom. The minimum Gasteiger partial charge on any atom is -0.504 e. The van der Waals surface area contributed by atoms with Crippen LogP contribution in [0.4, 0.5) is 11.4 Å². The zero-order valence-electron chi connectivity index (χ0n) is 17.4. The number of nitrogens with zero attached hydrogens (tertiary/aromatic N) is 2. The first-order valence-corrected chi connectivity index (χ1v) is 10.3. The summed E-state index contributed by atoms with van der Waals surface area (Å²) < 4.78 is 10.6. The third-order valence-electron chi connectivity index (χ3n) is 5.76. The monoisotopic (exact) mass is 417 g/mol. The molecule has 2 N–H and O–H groups in total. The van der Waals surface area contributed by atoms with Crippen LogP contribution in [0.5, 0.6) is 0 Å². The van der Waals surface area contributed by atoms with Gasteiger partial charge in [-0.15, -0.1) is 0 Å². The number of aliphatic hydroxyl groups excluding tert-OH is 1. The molecule has 2 aliphatic rings. The normalized spacial score (nSPS) is 17.5. The topological polar surface area (TPSA) is 87.8 Å². The van der Waals surface area contributed by atoms with Crippen molar-refractivity contribution in [1.29, 1.82) is 0 Å². The van der Waals surface area contributed by atoms with Crippen molar-refractivity contribution < 1.29 is 19.2 Å². The summed E-state index contributed by atoms with van der Waals surface area (Å²) in [7, 11) is 0. The van der Waals surface area contributed by atoms with Crippen molar-refractivity contribution in [2.45, 2.75) is 13.8 Å². The fourth-order valence-corrected chi connectivity index (χ4v) is 4.14. The zero-order valence-corrected chi connectivity index (χ0v) is 17.4. The van der Waals surface area contributed by atoms with Crippen LogP contribution in [0.25, 0.3) is 22.5 Å². The number of carbonyl (C=O) groups is 1. The highest BCUT2D eigenvalue weighted by molar-refractivity contribution is 6.36. The average molecular weight is 417 g/mol. The molecule has 158 valence electrons. The smallest absolute Gasteiger partial charge is 0.260 e. The van der Waals surface area contributed by atoms with Gasteiger partial charge in [-0.2, -0.15) is 0 Å². The molecule has 1 saturated heterocycles. The molecule has 0 atom stereocenters. The van der Waals surface area contributed by atoms with Crippen LogP contribution >= 0.6 is 0 Å². The van der Waals surface area contributed by atoms with Crippen molar-refractivity contribution in [3.63, 3.8) is 0 Å². The standard InChI is InChI=1S/C24H23N3O4/c1-14-11-20-19(22(24(29)25-20)23(28)21-12-15(2)26-31-21)13-18(14)16-3-5-17(6-4-16)27-7-9-30-10-8-27/h3-6,11-13,28H,7-10H2,1-2H3,(H,25,29)/b23-22+. The number of amides is 1. The molecule has 31 heavy (non-hydrogen) atoms. The molecule has 0 unspecified atom stereocenters. The molecule has 5 rings (SSSR count). The van der Waals surface area contributed by atoms with Gasteiger partial charge in [-0.3, -0.25) is 4.79 Å². The van der Waals surface area contributed by atoms with Gasteiger partial charge in [0, 0.05) is 36.1 Å². The SMILES string of the molecule is Cc1cc(/C(O)=C2\C(=O)Nc3cc(C)c(-c4ccc(N5CCOCC5)cc4)cc32)on1. The number of nitrogens with one attached hydrogen (secondary N) is 1. The Morgan fingerprint density at radius 3 is 2.48 bits per heavy atom. The van der Waals surface area contributed by atoms with Crippen LogP contribution in [0.1, 0.15) is 22.6 Å². The Morgan fingerprint density at radius 2 is 1.81 bits per heavy atom. The second-order valence-corrected chi connectivity index (χ2v) is 7.87. The van der Waals surface area contributed by atoms with E-state index in [-0.39, 0.29) is 23.0 Å². The molecule has 7 nitrogen and oxygen atoms in total. The summed E-state index contributed by atoms with van der Waals surface area (Å²) >= 11 is 0. The van der Waals surface area contributed by atoms with E-state index in [1.165, 1.54) is 5.69 Å². The Hall–Kier alpha value is -3.58. The minimum atomic E-state index is -0.360. The first-order chi connectivity index (χ1) is 15.0. The molecule has 0 saturated carbocycles. The van der Waals surface area contributed by atoms with E-state index in [0.29, 0.717) is 16.9 Å². The van der Waals surface area contributed by atoms with Crippen LogP contribution < -0.4 is 10.2 Å². The predicted octanol–water partition coefficient (Wildman–Crippen LogP) is 4.17. The van der Waals surface area contributed by atoms with E-state index in [0.717, 1.165) is 43.0 Å². The van der Waals surface area contributed by atoms with Crippen LogP contribution in [0.3, 0.4) is 0 Å². The Bertz CT molecular complexity index is 1190. The number of anilines is 2. The molecule has 1 amide bonds. The van der Waals surface area contributed by atoms with Gasteiger partial charge in [0.2, 0.25) is 5.76 Å². The maximum Gasteiger partial charge on any atom is 0.260 e. The number of carbonyl (C=O) groups excluding carboxylic acids is 1. The van der Waals surface area contributed by atoms with E-state index in [1.54, 1.807) is 13.0 Å². The van der Waals surface area contributed by atoms with Gasteiger partial charge in [-0.1, -0.05) is 17.3 Å². The Kier molecular flexibility index (Phi) is 4.75. The summed E-state index contributed by atoms with van der Waals surface area (Å²) in [6, 6.07) is 13.9. The molecule has 0 radical (unpaired) electrons. The van der Waals surface area contributed by atoms with Crippen molar-refractivity contribution in [2.24, 2.45) is 0 Å². The van der Waals surface area contributed by atoms with Gasteiger partial charge in [0.1, 0.15) is 0 Å². The number of morpholine rings is 1. The molecular weight excluding hydrogens is 394 g/mol. The van der Waals surface area contributed by atoms with E-state index in [9.17, 15) is 9.90 Å². The van der Waals surface area contributed by atoms with Crippen LogP contribution in [-0.4, -0.2) is 42.5 Å². The van der Waals surface area contributed by atoms with Crippen LogP contribution in [0.15, 0.2) is 47.0 Å². The fourth-order valence-electron chi connectivity index (χ4n) is 4.14. The van der Waals surface area contributed by atoms with E-state index < -0.39 is 0 Å². The van der Waals surface area contributed by atoms with Crippen molar-refractivity contribution in [3.8, 4) is 11.1 Å². The molecule has 2 aromatic carbocycles. The first kappa shape index (κ1) is 19.4. The first-order valence-electron chi connectivity index (χ1n) is 10.3. The summed E-state index contributed by atoms with van der Waals surface area (Å²) in [5.74, 6) is -0.400. The van der Waals surface area contributed by atoms with Gasteiger partial charge in [-0.05, 0) is 54.8 Å². The van der Waals surface area contributed by atoms with Crippen molar-refractivity contribution in [2.75, 3.05) is 36.5 Å². The highest BCUT2D eigenvalue weighted by atomic mass is 16.5. The molecule has 0 bridgehead atoms. The number of benzene rings is 2. The molecule has 3 aromatic rings. The van der Waals surface area contributed by atoms with Crippen molar-refractivity contribution in [1.82, 2.24) is 5.16 Å². The zero-order chi connectivity index (χ0) is 21.5. The molecule has 3 heterocycles. The summed E-state index contributed by atoms with van der Waals surface area (Å²) in [5, 5.41) is 17.4. The van der Waals surface area contributed by atoms with Gasteiger partial charge in [0.15, 0.2) is 5.76 Å². The second kappa shape index (κ2) is 7.59. The average Bonchev–Trinajstić information content (AvgIpc) is 3.35. The number of aromatic nitrogens is 1. The number of ether oxygens (including phenoxy) is 1. The summed E-state index contributed by atoms with van der Waals surface area (Å²) in [4.78, 5) is 14.9. The van der Waals surface area contributed by atoms with Gasteiger partial charge < -0.3 is 24.6 Å². The van der Waals surface area contributed by atoms with E-state index >= 15 is 0 Å². The van der Waals surface area contributed by atoms with E-state index in [4.69, 9.17) is 9.26 Å². The molecule has 7 heteroatoms. The van der Waals surface area contributed by atoms with E-state index in [2.05, 4.69) is 39.6 Å². The number of fused-ring (bicyclic) bond motifs is 1. The fraction of sp³-hybridized carbons (Fsp3) is 0.250. The van der Waals surface area contributed by atoms with E-state index in [1.807, 2.05) is 19.1 Å². The van der Waals surface area contributed by atoms with Crippen LogP contribution in [0.2, 0.25) is 0 Å². The number of hydrogen-bond acceptors (Lipinski definition) is 6. The largest absolute Gasteiger partial charge is 0.504 e. The predicted molar refractivity (Wildman–Crippen MR) is 119 cm³/mol. The number of rotatable bonds is 3. The Balaban J connectivity index is 1.54. The molecule has 0 spiro atoms. The highest BCUT2D eigenvalue weighted by Crippen LogP contribution is 2.40. The summed E-state index contributed by atoms with van der Waals surface area (Å²) in [6.45, 7) is 7.04. The quantitative estimate of drug-likeness (QED) is 0.491. The molecule has 1 fully saturated rings. The third kappa shape index (κ3) is 3.47. The van der Waals surface area contributed by atoms with Gasteiger partial charge in [-0.25, -0.2) is 0 Å². The lowest BCUT2D eigenvalue weighted by Gasteiger charge is -2.29.